The fraction of sp³-hybridized carbons (Fsp3) is 0.962. The quantitative estimate of drug-likeness (QED) is 0.0942. The number of esters is 1. The minimum Gasteiger partial charge on any atom is -0.465 e. The predicted molar refractivity (Wildman–Crippen MR) is 132 cm³/mol. The fourth-order valence-corrected chi connectivity index (χ4v) is 4.02. The van der Waals surface area contributed by atoms with Gasteiger partial charge in [-0.3, -0.25) is 4.79 Å². The second-order valence-corrected chi connectivity index (χ2v) is 9.21. The Morgan fingerprint density at radius 3 is 1.17 bits per heavy atom. The van der Waals surface area contributed by atoms with Crippen LogP contribution in [0, 0.1) is 0 Å². The van der Waals surface area contributed by atoms with Gasteiger partial charge in [0.25, 0.3) is 0 Å². The highest BCUT2D eigenvalue weighted by molar-refractivity contribution is 7.80. The molecular weight excluding hydrogens is 376 g/mol. The summed E-state index contributed by atoms with van der Waals surface area (Å²) in [7, 11) is 0. The molecule has 0 heterocycles. The van der Waals surface area contributed by atoms with Crippen LogP contribution >= 0.6 is 12.6 Å². The van der Waals surface area contributed by atoms with Crippen LogP contribution in [0.4, 0.5) is 0 Å². The van der Waals surface area contributed by atoms with E-state index in [1.54, 1.807) is 0 Å². The lowest BCUT2D eigenvalue weighted by molar-refractivity contribution is -0.143. The molecule has 0 unspecified atom stereocenters. The van der Waals surface area contributed by atoms with E-state index in [1.165, 1.54) is 122 Å². The number of hydrogen-bond donors (Lipinski definition) is 1. The van der Waals surface area contributed by atoms with Crippen molar-refractivity contribution in [2.45, 2.75) is 148 Å². The van der Waals surface area contributed by atoms with Gasteiger partial charge in [-0.1, -0.05) is 135 Å². The summed E-state index contributed by atoms with van der Waals surface area (Å²) in [4.78, 5) is 11.3. The molecule has 0 aliphatic carbocycles. The van der Waals surface area contributed by atoms with Gasteiger partial charge < -0.3 is 4.74 Å². The molecule has 29 heavy (non-hydrogen) atoms. The molecule has 0 radical (unpaired) electrons. The zero-order chi connectivity index (χ0) is 21.3. The number of hydrogen-bond acceptors (Lipinski definition) is 3. The van der Waals surface area contributed by atoms with Crippen LogP contribution in [0.1, 0.15) is 148 Å². The maximum Gasteiger partial charge on any atom is 0.305 e. The minimum absolute atomic E-state index is 0.0585. The van der Waals surface area contributed by atoms with Gasteiger partial charge in [0, 0.05) is 12.2 Å². The zero-order valence-electron chi connectivity index (χ0n) is 19.7. The Bertz CT molecular complexity index is 320. The highest BCUT2D eigenvalue weighted by Gasteiger charge is 2.01. The molecule has 0 aromatic carbocycles. The van der Waals surface area contributed by atoms with Crippen molar-refractivity contribution in [2.75, 3.05) is 12.4 Å². The van der Waals surface area contributed by atoms with Crippen LogP contribution in [-0.2, 0) is 9.53 Å². The molecule has 0 atom stereocenters. The molecule has 0 rings (SSSR count). The smallest absolute Gasteiger partial charge is 0.305 e. The average Bonchev–Trinajstić information content (AvgIpc) is 2.73. The van der Waals surface area contributed by atoms with Gasteiger partial charge in [-0.05, 0) is 6.42 Å². The normalized spacial score (nSPS) is 11.1. The standard InChI is InChI=1S/C26H52O2S/c1-2-3-4-5-6-7-8-9-10-11-12-13-14-15-16-17-18-19-20-21-22-23-26(27)28-24-25-29/h29H,2-25H2,1H3. The van der Waals surface area contributed by atoms with Crippen LogP contribution in [0.5, 0.6) is 0 Å². The Kier molecular flexibility index (Phi) is 25.7. The van der Waals surface area contributed by atoms with E-state index in [-0.39, 0.29) is 5.97 Å². The Hall–Kier alpha value is -0.180. The van der Waals surface area contributed by atoms with Gasteiger partial charge >= 0.3 is 5.97 Å². The van der Waals surface area contributed by atoms with Crippen molar-refractivity contribution < 1.29 is 9.53 Å². The largest absolute Gasteiger partial charge is 0.465 e. The highest BCUT2D eigenvalue weighted by atomic mass is 32.1. The van der Waals surface area contributed by atoms with Crippen molar-refractivity contribution in [1.29, 1.82) is 0 Å². The second-order valence-electron chi connectivity index (χ2n) is 8.77. The predicted octanol–water partition coefficient (Wildman–Crippen LogP) is 9.06. The summed E-state index contributed by atoms with van der Waals surface area (Å²) in [5.41, 5.74) is 0. The van der Waals surface area contributed by atoms with E-state index >= 15 is 0 Å². The molecule has 2 nitrogen and oxygen atoms in total. The van der Waals surface area contributed by atoms with Crippen molar-refractivity contribution in [3.8, 4) is 0 Å². The summed E-state index contributed by atoms with van der Waals surface area (Å²) >= 11 is 4.04. The van der Waals surface area contributed by atoms with Crippen LogP contribution < -0.4 is 0 Å². The molecule has 0 spiro atoms. The van der Waals surface area contributed by atoms with Crippen molar-refractivity contribution in [1.82, 2.24) is 0 Å². The van der Waals surface area contributed by atoms with Crippen LogP contribution in [0.3, 0.4) is 0 Å². The van der Waals surface area contributed by atoms with Crippen molar-refractivity contribution in [3.63, 3.8) is 0 Å². The van der Waals surface area contributed by atoms with E-state index in [2.05, 4.69) is 19.6 Å². The highest BCUT2D eigenvalue weighted by Crippen LogP contribution is 2.15. The molecule has 0 saturated heterocycles. The van der Waals surface area contributed by atoms with Crippen LogP contribution in [0.25, 0.3) is 0 Å². The maximum atomic E-state index is 11.3. The van der Waals surface area contributed by atoms with Crippen molar-refractivity contribution in [3.05, 3.63) is 0 Å². The third kappa shape index (κ3) is 25.8. The van der Waals surface area contributed by atoms with Gasteiger partial charge in [0.15, 0.2) is 0 Å². The van der Waals surface area contributed by atoms with E-state index < -0.39 is 0 Å². The summed E-state index contributed by atoms with van der Waals surface area (Å²) < 4.78 is 5.02. The minimum atomic E-state index is -0.0585. The monoisotopic (exact) mass is 428 g/mol. The van der Waals surface area contributed by atoms with E-state index in [1.807, 2.05) is 0 Å². The van der Waals surface area contributed by atoms with Crippen molar-refractivity contribution >= 4 is 18.6 Å². The Balaban J connectivity index is 3.04. The van der Waals surface area contributed by atoms with Crippen LogP contribution in [0.2, 0.25) is 0 Å². The molecule has 0 saturated carbocycles. The first kappa shape index (κ1) is 28.8. The molecule has 0 fully saturated rings. The molecule has 3 heteroatoms. The molecule has 0 bridgehead atoms. The summed E-state index contributed by atoms with van der Waals surface area (Å²) in [5, 5.41) is 0. The molecule has 0 aromatic rings. The maximum absolute atomic E-state index is 11.3. The van der Waals surface area contributed by atoms with Crippen molar-refractivity contribution in [2.24, 2.45) is 0 Å². The number of rotatable bonds is 24. The average molecular weight is 429 g/mol. The van der Waals surface area contributed by atoms with E-state index in [0.717, 1.165) is 12.8 Å². The van der Waals surface area contributed by atoms with E-state index in [4.69, 9.17) is 4.74 Å². The summed E-state index contributed by atoms with van der Waals surface area (Å²) in [6.45, 7) is 2.74. The molecule has 174 valence electrons. The van der Waals surface area contributed by atoms with Gasteiger partial charge in [-0.2, -0.15) is 12.6 Å². The fourth-order valence-electron chi connectivity index (χ4n) is 3.93. The first-order chi connectivity index (χ1) is 14.3. The molecular formula is C26H52O2S. The number of thiol groups is 1. The number of carbonyl (C=O) groups excluding carboxylic acids is 1. The summed E-state index contributed by atoms with van der Waals surface area (Å²) in [5.74, 6) is 0.558. The molecule has 0 aliphatic heterocycles. The first-order valence-corrected chi connectivity index (χ1v) is 13.7. The Morgan fingerprint density at radius 2 is 0.862 bits per heavy atom. The van der Waals surface area contributed by atoms with Gasteiger partial charge in [0.2, 0.25) is 0 Å². The number of ether oxygens (including phenoxy) is 1. The number of carbonyl (C=O) groups is 1. The van der Waals surface area contributed by atoms with Gasteiger partial charge in [0.05, 0.1) is 0 Å². The lowest BCUT2D eigenvalue weighted by atomic mass is 10.0. The third-order valence-corrected chi connectivity index (χ3v) is 6.02. The Morgan fingerprint density at radius 1 is 0.552 bits per heavy atom. The first-order valence-electron chi connectivity index (χ1n) is 13.1. The third-order valence-electron chi connectivity index (χ3n) is 5.84. The summed E-state index contributed by atoms with van der Waals surface area (Å²) in [6.07, 6.45) is 29.7. The molecule has 0 aliphatic rings. The molecule has 0 amide bonds. The van der Waals surface area contributed by atoms with Crippen LogP contribution in [-0.4, -0.2) is 18.3 Å². The van der Waals surface area contributed by atoms with Gasteiger partial charge in [0.1, 0.15) is 6.61 Å². The van der Waals surface area contributed by atoms with Gasteiger partial charge in [-0.15, -0.1) is 0 Å². The zero-order valence-corrected chi connectivity index (χ0v) is 20.6. The summed E-state index contributed by atoms with van der Waals surface area (Å²) in [6, 6.07) is 0. The lowest BCUT2D eigenvalue weighted by Crippen LogP contribution is -2.06. The lowest BCUT2D eigenvalue weighted by Gasteiger charge is -2.04. The van der Waals surface area contributed by atoms with Crippen LogP contribution in [0.15, 0.2) is 0 Å². The van der Waals surface area contributed by atoms with E-state index in [0.29, 0.717) is 18.8 Å². The second kappa shape index (κ2) is 25.9. The molecule has 0 aromatic heterocycles. The molecule has 0 N–H and O–H groups in total. The number of unbranched alkanes of at least 4 members (excludes halogenated alkanes) is 20. The van der Waals surface area contributed by atoms with Gasteiger partial charge in [-0.25, -0.2) is 0 Å². The topological polar surface area (TPSA) is 26.3 Å². The Labute approximate surface area is 188 Å². The van der Waals surface area contributed by atoms with E-state index in [9.17, 15) is 4.79 Å². The SMILES string of the molecule is CCCCCCCCCCCCCCCCCCCCCCCC(=O)OCCS.